The fourth-order valence-corrected chi connectivity index (χ4v) is 3.22. The minimum Gasteiger partial charge on any atom is -0.387 e. The number of halogens is 1. The van der Waals surface area contributed by atoms with Gasteiger partial charge in [-0.25, -0.2) is 0 Å². The van der Waals surface area contributed by atoms with Gasteiger partial charge in [-0.05, 0) is 30.7 Å². The lowest BCUT2D eigenvalue weighted by Gasteiger charge is -2.22. The van der Waals surface area contributed by atoms with Crippen LogP contribution in [0.1, 0.15) is 27.3 Å². The smallest absolute Gasteiger partial charge is 0.0962 e. The first-order valence-corrected chi connectivity index (χ1v) is 7.02. The number of aliphatic hydroxyl groups excluding tert-OH is 1. The Kier molecular flexibility index (Phi) is 4.40. The van der Waals surface area contributed by atoms with E-state index in [1.165, 1.54) is 4.88 Å². The van der Waals surface area contributed by atoms with E-state index in [2.05, 4.69) is 0 Å². The summed E-state index contributed by atoms with van der Waals surface area (Å²) in [6.45, 7) is 2.38. The highest BCUT2D eigenvalue weighted by atomic mass is 35.5. The first-order valence-electron chi connectivity index (χ1n) is 5.82. The number of aryl methyl sites for hydroxylation is 1. The normalized spacial score (nSPS) is 14.4. The van der Waals surface area contributed by atoms with Gasteiger partial charge in [0.15, 0.2) is 0 Å². The van der Waals surface area contributed by atoms with Crippen molar-refractivity contribution >= 4 is 22.9 Å². The van der Waals surface area contributed by atoms with Crippen LogP contribution < -0.4 is 5.73 Å². The summed E-state index contributed by atoms with van der Waals surface area (Å²) in [6.07, 6.45) is -0.603. The number of nitrogens with two attached hydrogens (primary N) is 1. The minimum absolute atomic E-state index is 0.170. The van der Waals surface area contributed by atoms with Crippen molar-refractivity contribution in [3.63, 3.8) is 0 Å². The van der Waals surface area contributed by atoms with Gasteiger partial charge in [0.2, 0.25) is 0 Å². The second-order valence-electron chi connectivity index (χ2n) is 4.26. The van der Waals surface area contributed by atoms with Crippen LogP contribution in [-0.2, 0) is 0 Å². The number of thiophene rings is 1. The number of hydrogen-bond donors (Lipinski definition) is 2. The summed E-state index contributed by atoms with van der Waals surface area (Å²) in [6, 6.07) is 11.5. The molecule has 4 heteroatoms. The monoisotopic (exact) mass is 281 g/mol. The third kappa shape index (κ3) is 2.75. The molecule has 0 aliphatic heterocycles. The lowest BCUT2D eigenvalue weighted by atomic mass is 9.92. The van der Waals surface area contributed by atoms with Gasteiger partial charge in [-0.2, -0.15) is 0 Å². The Morgan fingerprint density at radius 2 is 2.00 bits per heavy atom. The van der Waals surface area contributed by atoms with Crippen molar-refractivity contribution in [3.05, 3.63) is 56.7 Å². The topological polar surface area (TPSA) is 46.2 Å². The molecule has 0 saturated heterocycles. The third-order valence-corrected chi connectivity index (χ3v) is 4.41. The van der Waals surface area contributed by atoms with Crippen molar-refractivity contribution in [3.8, 4) is 0 Å². The predicted octanol–water partition coefficient (Wildman–Crippen LogP) is 3.49. The van der Waals surface area contributed by atoms with Crippen LogP contribution in [0.25, 0.3) is 0 Å². The summed E-state index contributed by atoms with van der Waals surface area (Å²) < 4.78 is 0. The molecule has 2 aromatic rings. The molecular formula is C14H16ClNOS. The molecule has 3 N–H and O–H groups in total. The molecule has 0 aliphatic carbocycles. The van der Waals surface area contributed by atoms with Crippen molar-refractivity contribution in [2.24, 2.45) is 5.73 Å². The van der Waals surface area contributed by atoms with Gasteiger partial charge in [0.05, 0.1) is 6.10 Å². The van der Waals surface area contributed by atoms with Gasteiger partial charge in [-0.15, -0.1) is 11.3 Å². The quantitative estimate of drug-likeness (QED) is 0.901. The summed E-state index contributed by atoms with van der Waals surface area (Å²) in [5.41, 5.74) is 6.71. The fourth-order valence-electron chi connectivity index (χ4n) is 2.01. The summed E-state index contributed by atoms with van der Waals surface area (Å²) >= 11 is 7.76. The Bertz CT molecular complexity index is 526. The zero-order valence-electron chi connectivity index (χ0n) is 10.1. The summed E-state index contributed by atoms with van der Waals surface area (Å²) in [5, 5.41) is 11.1. The standard InChI is InChI=1S/C14H16ClNOS/c1-9-6-7-13(18-9)14(17)11(8-16)10-4-2-3-5-12(10)15/h2-7,11,14,17H,8,16H2,1H3. The minimum atomic E-state index is -0.603. The first-order chi connectivity index (χ1) is 8.63. The van der Waals surface area contributed by atoms with E-state index in [9.17, 15) is 5.11 Å². The summed E-state index contributed by atoms with van der Waals surface area (Å²) in [7, 11) is 0. The Morgan fingerprint density at radius 1 is 1.28 bits per heavy atom. The summed E-state index contributed by atoms with van der Waals surface area (Å²) in [5.74, 6) is -0.170. The molecule has 2 atom stereocenters. The van der Waals surface area contributed by atoms with Crippen LogP contribution in [0.4, 0.5) is 0 Å². The number of rotatable bonds is 4. The molecule has 0 aliphatic rings. The molecule has 0 bridgehead atoms. The molecule has 0 spiro atoms. The Labute approximate surface area is 116 Å². The van der Waals surface area contributed by atoms with E-state index in [0.29, 0.717) is 11.6 Å². The Morgan fingerprint density at radius 3 is 2.56 bits per heavy atom. The van der Waals surface area contributed by atoms with Crippen molar-refractivity contribution < 1.29 is 5.11 Å². The SMILES string of the molecule is Cc1ccc(C(O)C(CN)c2ccccc2Cl)s1. The van der Waals surface area contributed by atoms with Crippen molar-refractivity contribution in [1.82, 2.24) is 0 Å². The predicted molar refractivity (Wildman–Crippen MR) is 77.3 cm³/mol. The van der Waals surface area contributed by atoms with E-state index in [1.54, 1.807) is 11.3 Å². The number of hydrogen-bond acceptors (Lipinski definition) is 3. The maximum absolute atomic E-state index is 10.4. The zero-order valence-corrected chi connectivity index (χ0v) is 11.7. The molecule has 2 rings (SSSR count). The molecule has 1 aromatic carbocycles. The lowest BCUT2D eigenvalue weighted by molar-refractivity contribution is 0.151. The van der Waals surface area contributed by atoms with Crippen molar-refractivity contribution in [2.75, 3.05) is 6.54 Å². The molecule has 1 aromatic heterocycles. The highest BCUT2D eigenvalue weighted by Gasteiger charge is 2.24. The molecule has 2 nitrogen and oxygen atoms in total. The maximum atomic E-state index is 10.4. The van der Waals surface area contributed by atoms with Crippen molar-refractivity contribution in [1.29, 1.82) is 0 Å². The fraction of sp³-hybridized carbons (Fsp3) is 0.286. The zero-order chi connectivity index (χ0) is 13.1. The molecule has 1 heterocycles. The average molecular weight is 282 g/mol. The first kappa shape index (κ1) is 13.6. The van der Waals surface area contributed by atoms with Gasteiger partial charge in [0.1, 0.15) is 0 Å². The molecule has 0 amide bonds. The molecular weight excluding hydrogens is 266 g/mol. The van der Waals surface area contributed by atoms with Crippen LogP contribution in [0.15, 0.2) is 36.4 Å². The third-order valence-electron chi connectivity index (χ3n) is 2.99. The van der Waals surface area contributed by atoms with Crippen LogP contribution >= 0.6 is 22.9 Å². The average Bonchev–Trinajstić information content (AvgIpc) is 2.79. The number of aliphatic hydroxyl groups is 1. The second kappa shape index (κ2) is 5.85. The lowest BCUT2D eigenvalue weighted by Crippen LogP contribution is -2.19. The Balaban J connectivity index is 2.32. The molecule has 0 radical (unpaired) electrons. The number of benzene rings is 1. The van der Waals surface area contributed by atoms with E-state index in [1.807, 2.05) is 43.3 Å². The van der Waals surface area contributed by atoms with Gasteiger partial charge >= 0.3 is 0 Å². The van der Waals surface area contributed by atoms with Gasteiger partial charge in [0.25, 0.3) is 0 Å². The van der Waals surface area contributed by atoms with Crippen LogP contribution in [-0.4, -0.2) is 11.7 Å². The van der Waals surface area contributed by atoms with Gasteiger partial charge in [0, 0.05) is 27.2 Å². The van der Waals surface area contributed by atoms with E-state index in [4.69, 9.17) is 17.3 Å². The molecule has 0 fully saturated rings. The van der Waals surface area contributed by atoms with E-state index in [-0.39, 0.29) is 5.92 Å². The van der Waals surface area contributed by atoms with Gasteiger partial charge in [-0.1, -0.05) is 29.8 Å². The molecule has 0 saturated carbocycles. The van der Waals surface area contributed by atoms with E-state index < -0.39 is 6.10 Å². The molecule has 96 valence electrons. The maximum Gasteiger partial charge on any atom is 0.0962 e. The molecule has 18 heavy (non-hydrogen) atoms. The van der Waals surface area contributed by atoms with E-state index in [0.717, 1.165) is 10.4 Å². The van der Waals surface area contributed by atoms with Crippen LogP contribution in [0.2, 0.25) is 5.02 Å². The van der Waals surface area contributed by atoms with Crippen LogP contribution in [0.5, 0.6) is 0 Å². The largest absolute Gasteiger partial charge is 0.387 e. The van der Waals surface area contributed by atoms with Gasteiger partial charge < -0.3 is 10.8 Å². The highest BCUT2D eigenvalue weighted by Crippen LogP contribution is 2.36. The summed E-state index contributed by atoms with van der Waals surface area (Å²) in [4.78, 5) is 2.11. The second-order valence-corrected chi connectivity index (χ2v) is 5.98. The molecule has 2 unspecified atom stereocenters. The highest BCUT2D eigenvalue weighted by molar-refractivity contribution is 7.12. The van der Waals surface area contributed by atoms with Crippen LogP contribution in [0.3, 0.4) is 0 Å². The van der Waals surface area contributed by atoms with E-state index >= 15 is 0 Å². The van der Waals surface area contributed by atoms with Crippen molar-refractivity contribution in [2.45, 2.75) is 18.9 Å². The van der Waals surface area contributed by atoms with Gasteiger partial charge in [-0.3, -0.25) is 0 Å². The van der Waals surface area contributed by atoms with Crippen LogP contribution in [0, 0.1) is 6.92 Å². The Hall–Kier alpha value is -0.870.